The van der Waals surface area contributed by atoms with Crippen LogP contribution in [0.5, 0.6) is 0 Å². The number of hydrogen-bond acceptors (Lipinski definition) is 3. The summed E-state index contributed by atoms with van der Waals surface area (Å²) in [6.07, 6.45) is -0.495. The minimum atomic E-state index is -0.495. The molecule has 1 aromatic carbocycles. The van der Waals surface area contributed by atoms with Crippen LogP contribution in [0.4, 0.5) is 10.5 Å². The number of amides is 2. The molecule has 1 N–H and O–H groups in total. The van der Waals surface area contributed by atoms with Crippen molar-refractivity contribution >= 4 is 17.7 Å². The maximum Gasteiger partial charge on any atom is 0.411 e. The largest absolute Gasteiger partial charge is 0.450 e. The lowest BCUT2D eigenvalue weighted by molar-refractivity contribution is 0.0773. The number of nitrogens with one attached hydrogen (secondary N) is 1. The lowest BCUT2D eigenvalue weighted by Gasteiger charge is -2.18. The highest BCUT2D eigenvalue weighted by Crippen LogP contribution is 2.12. The molecule has 0 unspecified atom stereocenters. The first-order valence-corrected chi connectivity index (χ1v) is 6.45. The highest BCUT2D eigenvalue weighted by Gasteiger charge is 2.12. The SMILES string of the molecule is CCOC(=O)Nc1ccc(C(=O)N(CC)CC)cc1. The molecule has 0 saturated carbocycles. The fraction of sp³-hybridized carbons (Fsp3) is 0.429. The fourth-order valence-corrected chi connectivity index (χ4v) is 1.67. The first-order chi connectivity index (χ1) is 9.12. The number of benzene rings is 1. The monoisotopic (exact) mass is 264 g/mol. The van der Waals surface area contributed by atoms with Gasteiger partial charge in [0, 0.05) is 24.3 Å². The molecule has 0 radical (unpaired) electrons. The molecule has 0 aliphatic carbocycles. The lowest BCUT2D eigenvalue weighted by atomic mass is 10.2. The molecule has 0 saturated heterocycles. The maximum absolute atomic E-state index is 12.1. The number of rotatable bonds is 5. The van der Waals surface area contributed by atoms with E-state index in [1.165, 1.54) is 0 Å². The summed E-state index contributed by atoms with van der Waals surface area (Å²) < 4.78 is 4.77. The molecule has 2 amide bonds. The second kappa shape index (κ2) is 7.41. The van der Waals surface area contributed by atoms with Crippen LogP contribution in [0.2, 0.25) is 0 Å². The lowest BCUT2D eigenvalue weighted by Crippen LogP contribution is -2.30. The van der Waals surface area contributed by atoms with Crippen molar-refractivity contribution in [2.24, 2.45) is 0 Å². The second-order valence-electron chi connectivity index (χ2n) is 3.90. The second-order valence-corrected chi connectivity index (χ2v) is 3.90. The summed E-state index contributed by atoms with van der Waals surface area (Å²) in [5, 5.41) is 2.58. The normalized spacial score (nSPS) is 9.84. The van der Waals surface area contributed by atoms with Gasteiger partial charge in [-0.1, -0.05) is 0 Å². The number of carbonyl (C=O) groups is 2. The van der Waals surface area contributed by atoms with Gasteiger partial charge in [-0.05, 0) is 45.0 Å². The van der Waals surface area contributed by atoms with Gasteiger partial charge in [0.1, 0.15) is 0 Å². The van der Waals surface area contributed by atoms with Crippen molar-refractivity contribution in [1.29, 1.82) is 0 Å². The Morgan fingerprint density at radius 1 is 1.11 bits per heavy atom. The van der Waals surface area contributed by atoms with E-state index in [1.54, 1.807) is 36.1 Å². The molecule has 0 heterocycles. The van der Waals surface area contributed by atoms with Crippen molar-refractivity contribution < 1.29 is 14.3 Å². The molecule has 5 heteroatoms. The number of carbonyl (C=O) groups excluding carboxylic acids is 2. The summed E-state index contributed by atoms with van der Waals surface area (Å²) in [4.78, 5) is 25.0. The van der Waals surface area contributed by atoms with E-state index in [0.717, 1.165) is 0 Å². The summed E-state index contributed by atoms with van der Waals surface area (Å²) >= 11 is 0. The molecule has 0 fully saturated rings. The maximum atomic E-state index is 12.1. The topological polar surface area (TPSA) is 58.6 Å². The Labute approximate surface area is 113 Å². The molecule has 0 aliphatic rings. The minimum Gasteiger partial charge on any atom is -0.450 e. The first-order valence-electron chi connectivity index (χ1n) is 6.45. The Morgan fingerprint density at radius 2 is 1.68 bits per heavy atom. The molecule has 0 atom stereocenters. The molecule has 104 valence electrons. The molecule has 1 rings (SSSR count). The van der Waals surface area contributed by atoms with Crippen LogP contribution in [0.3, 0.4) is 0 Å². The van der Waals surface area contributed by atoms with Crippen LogP contribution >= 0.6 is 0 Å². The van der Waals surface area contributed by atoms with Crippen molar-refractivity contribution in [3.8, 4) is 0 Å². The van der Waals surface area contributed by atoms with E-state index in [1.807, 2.05) is 13.8 Å². The van der Waals surface area contributed by atoms with Gasteiger partial charge in [0.25, 0.3) is 5.91 Å². The summed E-state index contributed by atoms with van der Waals surface area (Å²) in [5.74, 6) is -0.00677. The molecular formula is C14H20N2O3. The van der Waals surface area contributed by atoms with E-state index in [2.05, 4.69) is 5.32 Å². The Balaban J connectivity index is 2.70. The van der Waals surface area contributed by atoms with Crippen molar-refractivity contribution in [1.82, 2.24) is 4.90 Å². The van der Waals surface area contributed by atoms with E-state index < -0.39 is 6.09 Å². The van der Waals surface area contributed by atoms with E-state index in [9.17, 15) is 9.59 Å². The van der Waals surface area contributed by atoms with Gasteiger partial charge in [0.2, 0.25) is 0 Å². The van der Waals surface area contributed by atoms with Gasteiger partial charge in [-0.25, -0.2) is 4.79 Å². The van der Waals surface area contributed by atoms with E-state index in [0.29, 0.717) is 30.9 Å². The average Bonchev–Trinajstić information content (AvgIpc) is 2.41. The highest BCUT2D eigenvalue weighted by atomic mass is 16.5. The van der Waals surface area contributed by atoms with Gasteiger partial charge >= 0.3 is 6.09 Å². The van der Waals surface area contributed by atoms with E-state index in [-0.39, 0.29) is 5.91 Å². The van der Waals surface area contributed by atoms with Crippen LogP contribution in [0.1, 0.15) is 31.1 Å². The first kappa shape index (κ1) is 15.0. The predicted octanol–water partition coefficient (Wildman–Crippen LogP) is 2.74. The van der Waals surface area contributed by atoms with Crippen molar-refractivity contribution in [3.05, 3.63) is 29.8 Å². The molecule has 0 bridgehead atoms. The van der Waals surface area contributed by atoms with E-state index >= 15 is 0 Å². The molecule has 1 aromatic rings. The smallest absolute Gasteiger partial charge is 0.411 e. The van der Waals surface area contributed by atoms with Gasteiger partial charge < -0.3 is 9.64 Å². The van der Waals surface area contributed by atoms with Crippen LogP contribution in [-0.4, -0.2) is 36.6 Å². The Morgan fingerprint density at radius 3 is 2.16 bits per heavy atom. The van der Waals surface area contributed by atoms with Gasteiger partial charge in [0.05, 0.1) is 6.61 Å². The number of anilines is 1. The third-order valence-corrected chi connectivity index (χ3v) is 2.70. The summed E-state index contributed by atoms with van der Waals surface area (Å²) in [6, 6.07) is 6.77. The highest BCUT2D eigenvalue weighted by molar-refractivity contribution is 5.95. The summed E-state index contributed by atoms with van der Waals surface area (Å²) in [7, 11) is 0. The minimum absolute atomic E-state index is 0.00677. The van der Waals surface area contributed by atoms with Gasteiger partial charge in [-0.15, -0.1) is 0 Å². The van der Waals surface area contributed by atoms with Crippen LogP contribution in [0, 0.1) is 0 Å². The van der Waals surface area contributed by atoms with Gasteiger partial charge in [-0.3, -0.25) is 10.1 Å². The van der Waals surface area contributed by atoms with Crippen LogP contribution < -0.4 is 5.32 Å². The summed E-state index contributed by atoms with van der Waals surface area (Å²) in [5.41, 5.74) is 1.22. The van der Waals surface area contributed by atoms with E-state index in [4.69, 9.17) is 4.74 Å². The van der Waals surface area contributed by atoms with Gasteiger partial charge in [0.15, 0.2) is 0 Å². The molecular weight excluding hydrogens is 244 g/mol. The summed E-state index contributed by atoms with van der Waals surface area (Å²) in [6.45, 7) is 7.31. The van der Waals surface area contributed by atoms with Crippen LogP contribution in [-0.2, 0) is 4.74 Å². The molecule has 19 heavy (non-hydrogen) atoms. The zero-order valence-electron chi connectivity index (χ0n) is 11.6. The van der Waals surface area contributed by atoms with Crippen LogP contribution in [0.25, 0.3) is 0 Å². The van der Waals surface area contributed by atoms with Crippen molar-refractivity contribution in [2.45, 2.75) is 20.8 Å². The van der Waals surface area contributed by atoms with Crippen molar-refractivity contribution in [3.63, 3.8) is 0 Å². The third kappa shape index (κ3) is 4.28. The number of hydrogen-bond donors (Lipinski definition) is 1. The Bertz CT molecular complexity index is 425. The Kier molecular flexibility index (Phi) is 5.85. The van der Waals surface area contributed by atoms with Gasteiger partial charge in [-0.2, -0.15) is 0 Å². The quantitative estimate of drug-likeness (QED) is 0.889. The predicted molar refractivity (Wildman–Crippen MR) is 74.3 cm³/mol. The number of ether oxygens (including phenoxy) is 1. The molecule has 0 spiro atoms. The zero-order chi connectivity index (χ0) is 14.3. The van der Waals surface area contributed by atoms with Crippen LogP contribution in [0.15, 0.2) is 24.3 Å². The molecule has 0 aromatic heterocycles. The molecule has 5 nitrogen and oxygen atoms in total. The molecule has 0 aliphatic heterocycles. The zero-order valence-corrected chi connectivity index (χ0v) is 11.6. The fourth-order valence-electron chi connectivity index (χ4n) is 1.67. The van der Waals surface area contributed by atoms with Crippen molar-refractivity contribution in [2.75, 3.05) is 25.0 Å². The standard InChI is InChI=1S/C14H20N2O3/c1-4-16(5-2)13(17)11-7-9-12(10-8-11)15-14(18)19-6-3/h7-10H,4-6H2,1-3H3,(H,15,18). The third-order valence-electron chi connectivity index (χ3n) is 2.70. The number of nitrogens with zero attached hydrogens (tertiary/aromatic N) is 1. The average molecular weight is 264 g/mol. The Hall–Kier alpha value is -2.04.